The second-order valence-electron chi connectivity index (χ2n) is 4.38. The van der Waals surface area contributed by atoms with Crippen LogP contribution >= 0.6 is 0 Å². The van der Waals surface area contributed by atoms with Crippen molar-refractivity contribution in [1.82, 2.24) is 9.78 Å². The number of nitrogens with zero attached hydrogens (tertiary/aromatic N) is 2. The molecule has 1 atom stereocenters. The lowest BCUT2D eigenvalue weighted by molar-refractivity contribution is 0.0693. The Kier molecular flexibility index (Phi) is 4.34. The summed E-state index contributed by atoms with van der Waals surface area (Å²) in [6.07, 6.45) is 0. The number of aromatic carboxylic acids is 1. The minimum atomic E-state index is -1.41. The fraction of sp³-hybridized carbons (Fsp3) is 0.286. The minimum Gasteiger partial charge on any atom is -0.478 e. The highest BCUT2D eigenvalue weighted by atomic mass is 32.2. The average Bonchev–Trinajstić information content (AvgIpc) is 2.78. The van der Waals surface area contributed by atoms with Gasteiger partial charge < -0.3 is 5.11 Å². The van der Waals surface area contributed by atoms with Crippen molar-refractivity contribution >= 4 is 16.8 Å². The second kappa shape index (κ2) is 6.00. The van der Waals surface area contributed by atoms with Crippen LogP contribution < -0.4 is 0 Å². The molecular formula is C14H16N2O3S. The average molecular weight is 292 g/mol. The molecule has 0 amide bonds. The number of aryl methyl sites for hydroxylation is 2. The second-order valence-corrected chi connectivity index (χ2v) is 5.80. The number of carbonyl (C=O) groups is 1. The van der Waals surface area contributed by atoms with Crippen LogP contribution in [0.25, 0.3) is 0 Å². The Hall–Kier alpha value is -1.95. The van der Waals surface area contributed by atoms with Gasteiger partial charge in [0.15, 0.2) is 0 Å². The van der Waals surface area contributed by atoms with Gasteiger partial charge in [0, 0.05) is 6.54 Å². The Morgan fingerprint density at radius 1 is 1.40 bits per heavy atom. The molecular weight excluding hydrogens is 276 g/mol. The SMILES string of the molecule is CCn1nc(C)cc1CS(=O)c1ccccc1C(=O)O. The van der Waals surface area contributed by atoms with Crippen LogP contribution in [0.5, 0.6) is 0 Å². The van der Waals surface area contributed by atoms with Gasteiger partial charge >= 0.3 is 5.97 Å². The smallest absolute Gasteiger partial charge is 0.336 e. The molecule has 106 valence electrons. The normalized spacial score (nSPS) is 12.3. The standard InChI is InChI=1S/C14H16N2O3S/c1-3-16-11(8-10(2)15-16)9-20(19)13-7-5-4-6-12(13)14(17)18/h4-8H,3,9H2,1-2H3,(H,17,18). The third kappa shape index (κ3) is 2.96. The Labute approximate surface area is 119 Å². The number of benzene rings is 1. The van der Waals surface area contributed by atoms with Gasteiger partial charge in [-0.15, -0.1) is 0 Å². The summed E-state index contributed by atoms with van der Waals surface area (Å²) in [5, 5.41) is 13.4. The maximum absolute atomic E-state index is 12.4. The molecule has 5 nitrogen and oxygen atoms in total. The van der Waals surface area contributed by atoms with E-state index in [9.17, 15) is 9.00 Å². The van der Waals surface area contributed by atoms with Gasteiger partial charge in [-0.05, 0) is 32.0 Å². The van der Waals surface area contributed by atoms with E-state index in [0.717, 1.165) is 11.4 Å². The van der Waals surface area contributed by atoms with Crippen molar-refractivity contribution < 1.29 is 14.1 Å². The quantitative estimate of drug-likeness (QED) is 0.917. The van der Waals surface area contributed by atoms with Crippen LogP contribution in [0.15, 0.2) is 35.2 Å². The van der Waals surface area contributed by atoms with Gasteiger partial charge in [-0.2, -0.15) is 5.10 Å². The highest BCUT2D eigenvalue weighted by molar-refractivity contribution is 7.84. The summed E-state index contributed by atoms with van der Waals surface area (Å²) in [6, 6.07) is 8.27. The molecule has 1 N–H and O–H groups in total. The fourth-order valence-electron chi connectivity index (χ4n) is 2.04. The lowest BCUT2D eigenvalue weighted by Crippen LogP contribution is -2.09. The van der Waals surface area contributed by atoms with E-state index in [2.05, 4.69) is 5.10 Å². The highest BCUT2D eigenvalue weighted by Crippen LogP contribution is 2.18. The first-order valence-corrected chi connectivity index (χ1v) is 7.58. The molecule has 0 radical (unpaired) electrons. The van der Waals surface area contributed by atoms with Gasteiger partial charge in [0.1, 0.15) is 0 Å². The Morgan fingerprint density at radius 3 is 2.75 bits per heavy atom. The monoisotopic (exact) mass is 292 g/mol. The van der Waals surface area contributed by atoms with Gasteiger partial charge in [0.2, 0.25) is 0 Å². The fourth-order valence-corrected chi connectivity index (χ4v) is 3.33. The molecule has 2 aromatic rings. The Bertz CT molecular complexity index is 664. The van der Waals surface area contributed by atoms with E-state index >= 15 is 0 Å². The first-order chi connectivity index (χ1) is 9.52. The van der Waals surface area contributed by atoms with Crippen molar-refractivity contribution in [3.63, 3.8) is 0 Å². The summed E-state index contributed by atoms with van der Waals surface area (Å²) >= 11 is 0. The van der Waals surface area contributed by atoms with Crippen LogP contribution in [0.1, 0.15) is 28.7 Å². The zero-order valence-corrected chi connectivity index (χ0v) is 12.2. The Balaban J connectivity index is 2.31. The molecule has 0 aliphatic heterocycles. The van der Waals surface area contributed by atoms with Gasteiger partial charge in [-0.3, -0.25) is 8.89 Å². The molecule has 0 saturated carbocycles. The zero-order valence-electron chi connectivity index (χ0n) is 11.4. The van der Waals surface area contributed by atoms with Gasteiger partial charge in [0.05, 0.1) is 38.4 Å². The molecule has 0 saturated heterocycles. The summed E-state index contributed by atoms with van der Waals surface area (Å²) in [7, 11) is -1.41. The molecule has 1 aromatic carbocycles. The van der Waals surface area contributed by atoms with Crippen LogP contribution in [0.4, 0.5) is 0 Å². The molecule has 2 rings (SSSR count). The highest BCUT2D eigenvalue weighted by Gasteiger charge is 2.16. The summed E-state index contributed by atoms with van der Waals surface area (Å²) in [5.74, 6) is -0.798. The molecule has 1 heterocycles. The largest absolute Gasteiger partial charge is 0.478 e. The number of carboxylic acids is 1. The van der Waals surface area contributed by atoms with Crippen LogP contribution in [-0.2, 0) is 23.1 Å². The maximum Gasteiger partial charge on any atom is 0.336 e. The van der Waals surface area contributed by atoms with E-state index in [1.165, 1.54) is 6.07 Å². The van der Waals surface area contributed by atoms with Gasteiger partial charge in [-0.1, -0.05) is 12.1 Å². The first kappa shape index (κ1) is 14.5. The third-order valence-corrected chi connectivity index (χ3v) is 4.33. The van der Waals surface area contributed by atoms with Gasteiger partial charge in [-0.25, -0.2) is 4.79 Å². The minimum absolute atomic E-state index is 0.0881. The van der Waals surface area contributed by atoms with Crippen molar-refractivity contribution in [3.05, 3.63) is 47.3 Å². The number of carboxylic acid groups (broad SMARTS) is 1. The van der Waals surface area contributed by atoms with Crippen molar-refractivity contribution in [2.24, 2.45) is 0 Å². The van der Waals surface area contributed by atoms with Gasteiger partial charge in [0.25, 0.3) is 0 Å². The topological polar surface area (TPSA) is 72.2 Å². The molecule has 1 unspecified atom stereocenters. The number of rotatable bonds is 5. The molecule has 6 heteroatoms. The zero-order chi connectivity index (χ0) is 14.7. The molecule has 0 aliphatic carbocycles. The van der Waals surface area contributed by atoms with Crippen molar-refractivity contribution in [2.45, 2.75) is 31.0 Å². The summed E-state index contributed by atoms with van der Waals surface area (Å²) in [6.45, 7) is 4.54. The summed E-state index contributed by atoms with van der Waals surface area (Å²) in [5.41, 5.74) is 1.80. The summed E-state index contributed by atoms with van der Waals surface area (Å²) < 4.78 is 14.2. The van der Waals surface area contributed by atoms with E-state index in [4.69, 9.17) is 5.11 Å². The number of hydrogen-bond acceptors (Lipinski definition) is 3. The van der Waals surface area contributed by atoms with Crippen LogP contribution in [0.3, 0.4) is 0 Å². The lowest BCUT2D eigenvalue weighted by atomic mass is 10.2. The van der Waals surface area contributed by atoms with Crippen molar-refractivity contribution in [1.29, 1.82) is 0 Å². The van der Waals surface area contributed by atoms with Crippen LogP contribution in [0.2, 0.25) is 0 Å². The van der Waals surface area contributed by atoms with Crippen molar-refractivity contribution in [2.75, 3.05) is 0 Å². The predicted octanol–water partition coefficient (Wildman–Crippen LogP) is 2.22. The third-order valence-electron chi connectivity index (χ3n) is 2.93. The molecule has 20 heavy (non-hydrogen) atoms. The maximum atomic E-state index is 12.4. The van der Waals surface area contributed by atoms with E-state index in [1.807, 2.05) is 19.9 Å². The predicted molar refractivity (Wildman–Crippen MR) is 76.2 cm³/mol. The molecule has 0 aliphatic rings. The van der Waals surface area contributed by atoms with E-state index in [-0.39, 0.29) is 11.3 Å². The molecule has 0 spiro atoms. The molecule has 0 bridgehead atoms. The van der Waals surface area contributed by atoms with E-state index in [1.54, 1.807) is 22.9 Å². The van der Waals surface area contributed by atoms with Crippen LogP contribution in [-0.4, -0.2) is 25.1 Å². The summed E-state index contributed by atoms with van der Waals surface area (Å²) in [4.78, 5) is 11.5. The van der Waals surface area contributed by atoms with Crippen molar-refractivity contribution in [3.8, 4) is 0 Å². The molecule has 0 fully saturated rings. The number of hydrogen-bond donors (Lipinski definition) is 1. The lowest BCUT2D eigenvalue weighted by Gasteiger charge is -2.07. The Morgan fingerprint density at radius 2 is 2.10 bits per heavy atom. The van der Waals surface area contributed by atoms with Crippen LogP contribution in [0, 0.1) is 6.92 Å². The van der Waals surface area contributed by atoms with E-state index < -0.39 is 16.8 Å². The first-order valence-electron chi connectivity index (χ1n) is 6.27. The van der Waals surface area contributed by atoms with E-state index in [0.29, 0.717) is 11.4 Å². The molecule has 1 aromatic heterocycles. The number of aromatic nitrogens is 2.